The van der Waals surface area contributed by atoms with Gasteiger partial charge in [0.2, 0.25) is 5.91 Å². The van der Waals surface area contributed by atoms with Crippen molar-refractivity contribution in [2.75, 3.05) is 44.7 Å². The van der Waals surface area contributed by atoms with Gasteiger partial charge in [-0.3, -0.25) is 9.69 Å². The number of hydrogen-bond acceptors (Lipinski definition) is 6. The number of hydrogen-bond donors (Lipinski definition) is 3. The fraction of sp³-hybridized carbons (Fsp3) is 0.320. The smallest absolute Gasteiger partial charge is 0.409 e. The van der Waals surface area contributed by atoms with Crippen molar-refractivity contribution >= 4 is 29.5 Å². The molecule has 2 aromatic carbocycles. The van der Waals surface area contributed by atoms with Gasteiger partial charge in [-0.05, 0) is 36.4 Å². The molecule has 15 heteroatoms. The number of amides is 2. The molecule has 0 bridgehead atoms. The van der Waals surface area contributed by atoms with Gasteiger partial charge in [0.1, 0.15) is 5.82 Å². The normalized spacial score (nSPS) is 14.7. The number of halogens is 7. The zero-order valence-electron chi connectivity index (χ0n) is 20.9. The summed E-state index contributed by atoms with van der Waals surface area (Å²) in [7, 11) is 1.11. The molecule has 1 fully saturated rings. The molecule has 0 saturated carbocycles. The van der Waals surface area contributed by atoms with E-state index < -0.39 is 52.3 Å². The van der Waals surface area contributed by atoms with E-state index >= 15 is 0 Å². The second-order valence-electron chi connectivity index (χ2n) is 8.56. The monoisotopic (exact) mass is 575 g/mol. The van der Waals surface area contributed by atoms with E-state index in [1.54, 1.807) is 0 Å². The summed E-state index contributed by atoms with van der Waals surface area (Å²) < 4.78 is 101. The van der Waals surface area contributed by atoms with Crippen molar-refractivity contribution in [2.24, 2.45) is 0 Å². The lowest BCUT2D eigenvalue weighted by Gasteiger charge is -2.27. The third-order valence-electron chi connectivity index (χ3n) is 5.84. The van der Waals surface area contributed by atoms with E-state index in [1.165, 1.54) is 4.90 Å². The molecule has 0 aromatic heterocycles. The Kier molecular flexibility index (Phi) is 9.40. The first-order valence-electron chi connectivity index (χ1n) is 11.7. The van der Waals surface area contributed by atoms with Gasteiger partial charge in [0.25, 0.3) is 0 Å². The number of alkyl halides is 6. The number of nitrogens with zero attached hydrogens (tertiary/aromatic N) is 2. The van der Waals surface area contributed by atoms with Crippen molar-refractivity contribution in [3.63, 3.8) is 0 Å². The second kappa shape index (κ2) is 12.4. The van der Waals surface area contributed by atoms with E-state index in [-0.39, 0.29) is 37.3 Å². The van der Waals surface area contributed by atoms with Crippen molar-refractivity contribution in [3.8, 4) is 5.75 Å². The average molecular weight is 575 g/mol. The van der Waals surface area contributed by atoms with Gasteiger partial charge < -0.3 is 25.7 Å². The summed E-state index contributed by atoms with van der Waals surface area (Å²) in [5, 5.41) is 13.2. The molecule has 0 spiro atoms. The molecule has 3 rings (SSSR count). The van der Waals surface area contributed by atoms with Crippen LogP contribution in [0.15, 0.2) is 42.6 Å². The predicted octanol–water partition coefficient (Wildman–Crippen LogP) is 4.51. The minimum Gasteiger partial charge on any atom is -0.409 e. The van der Waals surface area contributed by atoms with E-state index in [1.807, 2.05) is 0 Å². The van der Waals surface area contributed by atoms with Crippen LogP contribution in [0.25, 0.3) is 5.57 Å². The Hall–Kier alpha value is -4.14. The van der Waals surface area contributed by atoms with Crippen molar-refractivity contribution < 1.29 is 45.1 Å². The van der Waals surface area contributed by atoms with E-state index in [0.717, 1.165) is 42.4 Å². The third kappa shape index (κ3) is 7.49. The van der Waals surface area contributed by atoms with E-state index in [0.29, 0.717) is 25.4 Å². The topological polar surface area (TPSA) is 97.8 Å². The minimum atomic E-state index is -5.39. The van der Waals surface area contributed by atoms with Crippen LogP contribution in [0, 0.1) is 11.2 Å². The molecule has 8 nitrogen and oxygen atoms in total. The van der Waals surface area contributed by atoms with Gasteiger partial charge in [0.05, 0.1) is 17.7 Å². The summed E-state index contributed by atoms with van der Waals surface area (Å²) in [6.45, 7) is 1.34. The van der Waals surface area contributed by atoms with Gasteiger partial charge in [-0.25, -0.2) is 9.18 Å². The summed E-state index contributed by atoms with van der Waals surface area (Å²) in [5.41, 5.74) is -4.84. The highest BCUT2D eigenvalue weighted by Crippen LogP contribution is 2.44. The van der Waals surface area contributed by atoms with Crippen LogP contribution in [-0.4, -0.2) is 62.9 Å². The van der Waals surface area contributed by atoms with Gasteiger partial charge in [-0.1, -0.05) is 0 Å². The summed E-state index contributed by atoms with van der Waals surface area (Å²) in [4.78, 5) is 26.9. The number of allylic oxidation sites excluding steroid dienone is 1. The Morgan fingerprint density at radius 1 is 1.15 bits per heavy atom. The number of benzene rings is 2. The van der Waals surface area contributed by atoms with Gasteiger partial charge in [0.15, 0.2) is 5.75 Å². The first-order chi connectivity index (χ1) is 18.7. The van der Waals surface area contributed by atoms with E-state index in [4.69, 9.17) is 10.1 Å². The van der Waals surface area contributed by atoms with Crippen molar-refractivity contribution in [1.82, 2.24) is 15.5 Å². The first kappa shape index (κ1) is 30.4. The highest BCUT2D eigenvalue weighted by Gasteiger charge is 2.41. The molecular weight excluding hydrogens is 551 g/mol. The highest BCUT2D eigenvalue weighted by molar-refractivity contribution is 6.10. The average Bonchev–Trinajstić information content (AvgIpc) is 2.88. The molecule has 216 valence electrons. The summed E-state index contributed by atoms with van der Waals surface area (Å²) in [6, 6.07) is 4.41. The lowest BCUT2D eigenvalue weighted by molar-refractivity contribution is -0.143. The van der Waals surface area contributed by atoms with Crippen LogP contribution in [-0.2, 0) is 17.1 Å². The van der Waals surface area contributed by atoms with Crippen LogP contribution in [0.1, 0.15) is 16.7 Å². The summed E-state index contributed by atoms with van der Waals surface area (Å²) in [5.74, 6) is -2.09. The zero-order valence-corrected chi connectivity index (χ0v) is 20.9. The molecular formula is C25H24F7N5O3. The van der Waals surface area contributed by atoms with Gasteiger partial charge >= 0.3 is 18.4 Å². The Morgan fingerprint density at radius 2 is 1.82 bits per heavy atom. The zero-order chi connectivity index (χ0) is 29.7. The maximum Gasteiger partial charge on any atom is 0.420 e. The Morgan fingerprint density at radius 3 is 2.40 bits per heavy atom. The van der Waals surface area contributed by atoms with Crippen LogP contribution < -0.4 is 20.3 Å². The molecule has 0 radical (unpaired) electrons. The van der Waals surface area contributed by atoms with Crippen LogP contribution in [0.4, 0.5) is 41.2 Å². The SMILES string of the molecule is CN(C(=O)Oc1c(/C(C=N)=C/NCCN2CCNCC2=O)cc(C(F)(F)F)cc1C(F)(F)F)c1ccc(F)cc1. The second-order valence-corrected chi connectivity index (χ2v) is 8.56. The maximum absolute atomic E-state index is 14.0. The molecule has 0 unspecified atom stereocenters. The fourth-order valence-electron chi connectivity index (χ4n) is 3.71. The van der Waals surface area contributed by atoms with E-state index in [2.05, 4.69) is 10.6 Å². The van der Waals surface area contributed by atoms with Gasteiger partial charge in [-0.15, -0.1) is 0 Å². The van der Waals surface area contributed by atoms with Crippen molar-refractivity contribution in [2.45, 2.75) is 12.4 Å². The Labute approximate surface area is 223 Å². The van der Waals surface area contributed by atoms with Crippen LogP contribution in [0.2, 0.25) is 0 Å². The molecule has 0 atom stereocenters. The van der Waals surface area contributed by atoms with E-state index in [9.17, 15) is 40.3 Å². The van der Waals surface area contributed by atoms with Crippen LogP contribution in [0.5, 0.6) is 5.75 Å². The number of nitrogens with one attached hydrogen (secondary N) is 3. The molecule has 1 saturated heterocycles. The molecule has 1 heterocycles. The van der Waals surface area contributed by atoms with Crippen LogP contribution in [0.3, 0.4) is 0 Å². The van der Waals surface area contributed by atoms with Gasteiger partial charge in [-0.2, -0.15) is 26.3 Å². The minimum absolute atomic E-state index is 0.0281. The first-order valence-corrected chi connectivity index (χ1v) is 11.7. The number of rotatable bonds is 8. The number of ether oxygens (including phenoxy) is 1. The van der Waals surface area contributed by atoms with Gasteiger partial charge in [0, 0.05) is 62.5 Å². The molecule has 2 amide bonds. The van der Waals surface area contributed by atoms with Crippen molar-refractivity contribution in [3.05, 3.63) is 65.1 Å². The van der Waals surface area contributed by atoms with Crippen LogP contribution >= 0.6 is 0 Å². The lowest BCUT2D eigenvalue weighted by atomic mass is 9.98. The standard InChI is InChI=1S/C25H24F7N5O3/c1-36(18-4-2-17(26)3-5-18)23(39)40-22-19(10-16(24(27,28)29)11-20(22)25(30,31)32)15(12-33)13-34-6-8-37-9-7-35-14-21(37)38/h2-5,10-13,33-35H,6-9,14H2,1H3/b15-13+,33-12?. The predicted molar refractivity (Wildman–Crippen MR) is 131 cm³/mol. The molecule has 1 aliphatic rings. The largest absolute Gasteiger partial charge is 0.420 e. The summed E-state index contributed by atoms with van der Waals surface area (Å²) in [6.07, 6.45) is -10.5. The number of piperazine rings is 1. The molecule has 1 aliphatic heterocycles. The maximum atomic E-state index is 14.0. The highest BCUT2D eigenvalue weighted by atomic mass is 19.4. The number of carbonyl (C=O) groups excluding carboxylic acids is 2. The molecule has 0 aliphatic carbocycles. The molecule has 3 N–H and O–H groups in total. The molecule has 2 aromatic rings. The Balaban J connectivity index is 2.01. The molecule has 40 heavy (non-hydrogen) atoms. The third-order valence-corrected chi connectivity index (χ3v) is 5.84. The fourth-order valence-corrected chi connectivity index (χ4v) is 3.71. The van der Waals surface area contributed by atoms with Crippen molar-refractivity contribution in [1.29, 1.82) is 5.41 Å². The lowest BCUT2D eigenvalue weighted by Crippen LogP contribution is -2.49. The number of carbonyl (C=O) groups is 2. The summed E-state index contributed by atoms with van der Waals surface area (Å²) >= 11 is 0. The Bertz CT molecular complexity index is 1280. The number of anilines is 1. The quantitative estimate of drug-likeness (QED) is 0.245.